The number of carbonyl (C=O) groups is 7. The molecule has 0 aliphatic carbocycles. The summed E-state index contributed by atoms with van der Waals surface area (Å²) in [5, 5.41) is 11.3. The summed E-state index contributed by atoms with van der Waals surface area (Å²) in [7, 11) is 0. The van der Waals surface area contributed by atoms with Crippen LogP contribution in [0.2, 0.25) is 0 Å². The summed E-state index contributed by atoms with van der Waals surface area (Å²) in [4.78, 5) is 93.3. The molecule has 0 bridgehead atoms. The van der Waals surface area contributed by atoms with E-state index in [-0.39, 0.29) is 22.4 Å². The largest absolute Gasteiger partial charge is 0.482 e. The molecule has 282 valence electrons. The number of hydrogen-bond acceptors (Lipinski definition) is 12. The zero-order valence-electron chi connectivity index (χ0n) is 30.9. The number of aliphatic imine (C=N–C) groups is 1. The van der Waals surface area contributed by atoms with E-state index in [1.165, 1.54) is 48.5 Å². The molecular formula is C36H45N3O13. The molecule has 0 fully saturated rings. The smallest absolute Gasteiger partial charge is 0.436 e. The number of ketones is 1. The van der Waals surface area contributed by atoms with Crippen molar-refractivity contribution in [2.75, 3.05) is 13.2 Å². The number of ether oxygens (including phenoxy) is 5. The van der Waals surface area contributed by atoms with Crippen LogP contribution in [0.3, 0.4) is 0 Å². The number of esters is 1. The number of nitrogens with one attached hydrogen (secondary N) is 1. The maximum Gasteiger partial charge on any atom is 0.436 e. The van der Waals surface area contributed by atoms with Gasteiger partial charge in [0, 0.05) is 23.6 Å². The van der Waals surface area contributed by atoms with Crippen LogP contribution in [0.4, 0.5) is 14.4 Å². The molecular weight excluding hydrogens is 682 g/mol. The Balaban J connectivity index is 2.52. The van der Waals surface area contributed by atoms with Gasteiger partial charge in [-0.3, -0.25) is 14.4 Å². The van der Waals surface area contributed by atoms with Crippen molar-refractivity contribution in [3.8, 4) is 5.75 Å². The number of nitrogens with zero attached hydrogens (tertiary/aromatic N) is 2. The van der Waals surface area contributed by atoms with Gasteiger partial charge in [0.15, 0.2) is 18.2 Å². The molecule has 2 N–H and O–H groups in total. The number of rotatable bonds is 10. The summed E-state index contributed by atoms with van der Waals surface area (Å²) < 4.78 is 26.3. The maximum absolute atomic E-state index is 13.4. The minimum absolute atomic E-state index is 0.00289. The normalized spacial score (nSPS) is 12.5. The Labute approximate surface area is 301 Å². The summed E-state index contributed by atoms with van der Waals surface area (Å²) in [5.74, 6) is -3.64. The predicted molar refractivity (Wildman–Crippen MR) is 185 cm³/mol. The monoisotopic (exact) mass is 727 g/mol. The number of hydrogen-bond donors (Lipinski definition) is 2. The van der Waals surface area contributed by atoms with Crippen molar-refractivity contribution in [1.29, 1.82) is 0 Å². The molecule has 1 atom stereocenters. The molecule has 16 nitrogen and oxygen atoms in total. The predicted octanol–water partition coefficient (Wildman–Crippen LogP) is 5.55. The SMILES string of the molecule is CC(=O)OCC(NC(=O)c1ccc(C(=NC(=O)OC(C)(C)C)N(C(=O)OC(C)(C)C)C(=O)OC(C)(C)C)cc1)C(=O)c1ccc(OCC(=O)O)cc1. The van der Waals surface area contributed by atoms with Gasteiger partial charge in [-0.15, -0.1) is 0 Å². The summed E-state index contributed by atoms with van der Waals surface area (Å²) >= 11 is 0. The Morgan fingerprint density at radius 1 is 0.712 bits per heavy atom. The summed E-state index contributed by atoms with van der Waals surface area (Å²) in [6.45, 7) is 14.2. The van der Waals surface area contributed by atoms with Crippen molar-refractivity contribution in [3.05, 3.63) is 65.2 Å². The maximum atomic E-state index is 13.4. The fourth-order valence-electron chi connectivity index (χ4n) is 3.94. The molecule has 2 aromatic rings. The van der Waals surface area contributed by atoms with E-state index < -0.39 is 83.8 Å². The molecule has 2 aromatic carbocycles. The quantitative estimate of drug-likeness (QED) is 0.101. The van der Waals surface area contributed by atoms with Gasteiger partial charge in [-0.05, 0) is 98.7 Å². The number of carbonyl (C=O) groups excluding carboxylic acids is 6. The molecule has 52 heavy (non-hydrogen) atoms. The van der Waals surface area contributed by atoms with Crippen LogP contribution in [0.25, 0.3) is 0 Å². The summed E-state index contributed by atoms with van der Waals surface area (Å²) in [6, 6.07) is 9.24. The second kappa shape index (κ2) is 17.4. The second-order valence-electron chi connectivity index (χ2n) is 14.2. The van der Waals surface area contributed by atoms with Crippen molar-refractivity contribution < 1.29 is 62.4 Å². The van der Waals surface area contributed by atoms with E-state index in [9.17, 15) is 33.6 Å². The Morgan fingerprint density at radius 2 is 1.17 bits per heavy atom. The third-order valence-electron chi connectivity index (χ3n) is 5.94. The van der Waals surface area contributed by atoms with E-state index >= 15 is 0 Å². The van der Waals surface area contributed by atoms with Crippen LogP contribution in [0.1, 0.15) is 95.5 Å². The standard InChI is InChI=1S/C36H45N3O13/c1-21(40)48-19-26(28(43)22-15-17-25(18-16-22)49-20-27(41)42)37-30(44)24-13-11-23(12-14-24)29(38-31(45)50-34(2,3)4)39(32(46)51-35(5,6)7)33(47)52-36(8,9)10/h11-18,26H,19-20H2,1-10H3,(H,37,44)(H,41,42). The second-order valence-corrected chi connectivity index (χ2v) is 14.2. The molecule has 16 heteroatoms. The van der Waals surface area contributed by atoms with Crippen LogP contribution in [0.5, 0.6) is 5.75 Å². The number of amidine groups is 1. The van der Waals surface area contributed by atoms with E-state index in [4.69, 9.17) is 28.8 Å². The molecule has 0 heterocycles. The van der Waals surface area contributed by atoms with Gasteiger partial charge in [0.1, 0.15) is 35.2 Å². The third-order valence-corrected chi connectivity index (χ3v) is 5.94. The molecule has 1 unspecified atom stereocenters. The highest BCUT2D eigenvalue weighted by Crippen LogP contribution is 2.20. The topological polar surface area (TPSA) is 213 Å². The Bertz CT molecular complexity index is 1650. The first-order valence-corrected chi connectivity index (χ1v) is 16.0. The van der Waals surface area contributed by atoms with Gasteiger partial charge in [0.05, 0.1) is 0 Å². The van der Waals surface area contributed by atoms with Gasteiger partial charge in [-0.1, -0.05) is 12.1 Å². The molecule has 0 radical (unpaired) electrons. The van der Waals surface area contributed by atoms with E-state index in [0.717, 1.165) is 6.92 Å². The van der Waals surface area contributed by atoms with Crippen LogP contribution < -0.4 is 10.1 Å². The third kappa shape index (κ3) is 14.6. The number of Topliss-reactive ketones (excluding diaryl/α,β-unsaturated/α-hetero) is 1. The molecule has 0 spiro atoms. The van der Waals surface area contributed by atoms with Gasteiger partial charge in [-0.25, -0.2) is 19.2 Å². The van der Waals surface area contributed by atoms with Gasteiger partial charge >= 0.3 is 30.2 Å². The Kier molecular flexibility index (Phi) is 14.2. The average Bonchev–Trinajstić information content (AvgIpc) is 2.98. The van der Waals surface area contributed by atoms with Crippen molar-refractivity contribution >= 4 is 47.7 Å². The lowest BCUT2D eigenvalue weighted by atomic mass is 10.0. The Hall–Kier alpha value is -5.80. The number of carboxylic acid groups (broad SMARTS) is 1. The molecule has 2 rings (SSSR count). The highest BCUT2D eigenvalue weighted by atomic mass is 16.6. The van der Waals surface area contributed by atoms with Crippen LogP contribution in [-0.4, -0.2) is 93.8 Å². The molecule has 0 aliphatic rings. The fourth-order valence-corrected chi connectivity index (χ4v) is 3.94. The summed E-state index contributed by atoms with van der Waals surface area (Å²) in [6.07, 6.45) is -3.56. The Morgan fingerprint density at radius 3 is 1.62 bits per heavy atom. The zero-order valence-corrected chi connectivity index (χ0v) is 30.9. The van der Waals surface area contributed by atoms with Crippen LogP contribution >= 0.6 is 0 Å². The van der Waals surface area contributed by atoms with Gasteiger partial charge in [-0.2, -0.15) is 9.89 Å². The highest BCUT2D eigenvalue weighted by Gasteiger charge is 2.37. The minimum atomic E-state index is -1.35. The molecule has 0 saturated heterocycles. The lowest BCUT2D eigenvalue weighted by Gasteiger charge is -2.29. The highest BCUT2D eigenvalue weighted by molar-refractivity contribution is 6.18. The van der Waals surface area contributed by atoms with E-state index in [1.54, 1.807) is 62.3 Å². The lowest BCUT2D eigenvalue weighted by Crippen LogP contribution is -2.47. The first-order valence-electron chi connectivity index (χ1n) is 16.0. The van der Waals surface area contributed by atoms with Crippen molar-refractivity contribution in [2.24, 2.45) is 4.99 Å². The van der Waals surface area contributed by atoms with Crippen molar-refractivity contribution in [2.45, 2.75) is 92.1 Å². The number of aliphatic carboxylic acids is 1. The lowest BCUT2D eigenvalue weighted by molar-refractivity contribution is -0.141. The van der Waals surface area contributed by atoms with Crippen LogP contribution in [-0.2, 0) is 28.5 Å². The van der Waals surface area contributed by atoms with Crippen LogP contribution in [0, 0.1) is 0 Å². The van der Waals surface area contributed by atoms with E-state index in [2.05, 4.69) is 10.3 Å². The molecule has 0 saturated carbocycles. The van der Waals surface area contributed by atoms with E-state index in [0.29, 0.717) is 4.90 Å². The van der Waals surface area contributed by atoms with E-state index in [1.807, 2.05) is 0 Å². The van der Waals surface area contributed by atoms with Gasteiger partial charge in [0.25, 0.3) is 5.91 Å². The zero-order chi connectivity index (χ0) is 39.6. The average molecular weight is 728 g/mol. The fraction of sp³-hybridized carbons (Fsp3) is 0.444. The number of benzene rings is 2. The first-order chi connectivity index (χ1) is 23.8. The van der Waals surface area contributed by atoms with Crippen LogP contribution in [0.15, 0.2) is 53.5 Å². The number of amides is 4. The first kappa shape index (κ1) is 42.4. The molecule has 0 aromatic heterocycles. The van der Waals surface area contributed by atoms with Gasteiger partial charge < -0.3 is 34.1 Å². The van der Waals surface area contributed by atoms with Crippen molar-refractivity contribution in [1.82, 2.24) is 10.2 Å². The number of carboxylic acids is 1. The minimum Gasteiger partial charge on any atom is -0.482 e. The summed E-state index contributed by atoms with van der Waals surface area (Å²) in [5.41, 5.74) is -3.06. The van der Waals surface area contributed by atoms with Gasteiger partial charge in [0.2, 0.25) is 0 Å². The molecule has 0 aliphatic heterocycles. The number of imide groups is 1. The molecule has 4 amide bonds. The van der Waals surface area contributed by atoms with Crippen molar-refractivity contribution in [3.63, 3.8) is 0 Å².